The number of nitrogens with zero attached hydrogens (tertiary/aromatic N) is 1. The first kappa shape index (κ1) is 11.8. The van der Waals surface area contributed by atoms with Crippen molar-refractivity contribution in [1.82, 2.24) is 4.90 Å². The van der Waals surface area contributed by atoms with E-state index in [-0.39, 0.29) is 24.3 Å². The van der Waals surface area contributed by atoms with Gasteiger partial charge >= 0.3 is 0 Å². The van der Waals surface area contributed by atoms with Crippen molar-refractivity contribution < 1.29 is 13.6 Å². The molecule has 1 rings (SSSR count). The van der Waals surface area contributed by atoms with E-state index < -0.39 is 11.6 Å². The molecule has 1 aromatic carbocycles. The molecule has 15 heavy (non-hydrogen) atoms. The lowest BCUT2D eigenvalue weighted by atomic mass is 10.1. The van der Waals surface area contributed by atoms with E-state index in [1.165, 1.54) is 6.07 Å². The Hall–Kier alpha value is -1.29. The van der Waals surface area contributed by atoms with E-state index in [0.29, 0.717) is 0 Å². The maximum absolute atomic E-state index is 13.1. The summed E-state index contributed by atoms with van der Waals surface area (Å²) in [6.07, 6.45) is 0.00426. The van der Waals surface area contributed by atoms with Gasteiger partial charge in [0.2, 0.25) is 0 Å². The summed E-state index contributed by atoms with van der Waals surface area (Å²) < 4.78 is 25.7. The first-order valence-corrected chi connectivity index (χ1v) is 4.59. The average molecular weight is 213 g/mol. The lowest BCUT2D eigenvalue weighted by Gasteiger charge is -2.08. The Morgan fingerprint density at radius 1 is 1.33 bits per heavy atom. The summed E-state index contributed by atoms with van der Waals surface area (Å²) in [5, 5.41) is 0. The number of hydrogen-bond donors (Lipinski definition) is 0. The lowest BCUT2D eigenvalue weighted by molar-refractivity contribution is -0.119. The van der Waals surface area contributed by atoms with Gasteiger partial charge in [-0.2, -0.15) is 0 Å². The minimum Gasteiger partial charge on any atom is -0.302 e. The van der Waals surface area contributed by atoms with Gasteiger partial charge in [0, 0.05) is 12.5 Å². The van der Waals surface area contributed by atoms with Crippen molar-refractivity contribution in [3.8, 4) is 0 Å². The van der Waals surface area contributed by atoms with E-state index in [2.05, 4.69) is 0 Å². The van der Waals surface area contributed by atoms with Crippen LogP contribution >= 0.6 is 0 Å². The zero-order valence-electron chi connectivity index (χ0n) is 8.76. The first-order chi connectivity index (χ1) is 6.99. The van der Waals surface area contributed by atoms with E-state index >= 15 is 0 Å². The molecular formula is C11H13F2NO. The third kappa shape index (κ3) is 3.75. The third-order valence-electron chi connectivity index (χ3n) is 1.90. The Morgan fingerprint density at radius 3 is 2.53 bits per heavy atom. The molecule has 0 saturated heterocycles. The van der Waals surface area contributed by atoms with Crippen LogP contribution in [-0.4, -0.2) is 31.3 Å². The van der Waals surface area contributed by atoms with Gasteiger partial charge in [0.15, 0.2) is 5.78 Å². The first-order valence-electron chi connectivity index (χ1n) is 4.59. The van der Waals surface area contributed by atoms with Crippen LogP contribution in [0.2, 0.25) is 0 Å². The zero-order valence-corrected chi connectivity index (χ0v) is 8.76. The molecule has 0 radical (unpaired) electrons. The minimum atomic E-state index is -0.665. The Bertz CT molecular complexity index is 364. The number of hydrogen-bond acceptors (Lipinski definition) is 2. The van der Waals surface area contributed by atoms with E-state index in [0.717, 1.165) is 12.1 Å². The molecule has 1 aromatic rings. The normalized spacial score (nSPS) is 10.7. The second-order valence-electron chi connectivity index (χ2n) is 3.69. The molecule has 0 aliphatic rings. The molecule has 2 nitrogen and oxygen atoms in total. The summed E-state index contributed by atoms with van der Waals surface area (Å²) in [6.45, 7) is 0.261. The third-order valence-corrected chi connectivity index (χ3v) is 1.90. The smallest absolute Gasteiger partial charge is 0.151 e. The fraction of sp³-hybridized carbons (Fsp3) is 0.364. The second-order valence-corrected chi connectivity index (χ2v) is 3.69. The lowest BCUT2D eigenvalue weighted by Crippen LogP contribution is -2.23. The predicted octanol–water partition coefficient (Wildman–Crippen LogP) is 1.64. The fourth-order valence-corrected chi connectivity index (χ4v) is 1.29. The van der Waals surface area contributed by atoms with Crippen molar-refractivity contribution >= 4 is 5.78 Å². The summed E-state index contributed by atoms with van der Waals surface area (Å²) in [5.74, 6) is -1.39. The highest BCUT2D eigenvalue weighted by Gasteiger charge is 2.09. The Labute approximate surface area is 87.5 Å². The second kappa shape index (κ2) is 4.98. The minimum absolute atomic E-state index is 0.00426. The molecule has 4 heteroatoms. The largest absolute Gasteiger partial charge is 0.302 e. The quantitative estimate of drug-likeness (QED) is 0.757. The molecule has 0 spiro atoms. The van der Waals surface area contributed by atoms with Gasteiger partial charge in [-0.25, -0.2) is 8.78 Å². The maximum atomic E-state index is 13.1. The highest BCUT2D eigenvalue weighted by molar-refractivity contribution is 5.82. The Balaban J connectivity index is 2.68. The Kier molecular flexibility index (Phi) is 3.91. The molecule has 0 unspecified atom stereocenters. The van der Waals surface area contributed by atoms with E-state index in [1.54, 1.807) is 19.0 Å². The van der Waals surface area contributed by atoms with Crippen LogP contribution in [-0.2, 0) is 11.2 Å². The van der Waals surface area contributed by atoms with Gasteiger partial charge in [-0.3, -0.25) is 4.79 Å². The number of ketones is 1. The number of rotatable bonds is 4. The molecule has 0 amide bonds. The van der Waals surface area contributed by atoms with Gasteiger partial charge in [0.1, 0.15) is 11.6 Å². The monoisotopic (exact) mass is 213 g/mol. The molecular weight excluding hydrogens is 200 g/mol. The highest BCUT2D eigenvalue weighted by atomic mass is 19.1. The molecule has 0 heterocycles. The number of benzene rings is 1. The number of likely N-dealkylation sites (N-methyl/N-ethyl adjacent to an activating group) is 1. The number of carbonyl (C=O) groups is 1. The van der Waals surface area contributed by atoms with E-state index in [9.17, 15) is 13.6 Å². The van der Waals surface area contributed by atoms with Gasteiger partial charge < -0.3 is 4.90 Å². The molecule has 0 N–H and O–H groups in total. The van der Waals surface area contributed by atoms with Crippen LogP contribution < -0.4 is 0 Å². The summed E-state index contributed by atoms with van der Waals surface area (Å²) in [4.78, 5) is 13.1. The molecule has 82 valence electrons. The summed E-state index contributed by atoms with van der Waals surface area (Å²) in [7, 11) is 3.53. The Morgan fingerprint density at radius 2 is 2.00 bits per heavy atom. The molecule has 0 aromatic heterocycles. The highest BCUT2D eigenvalue weighted by Crippen LogP contribution is 2.10. The molecule has 0 aliphatic heterocycles. The standard InChI is InChI=1S/C11H13F2NO/c1-14(2)7-10(15)5-8-3-4-9(12)6-11(8)13/h3-4,6H,5,7H2,1-2H3. The fourth-order valence-electron chi connectivity index (χ4n) is 1.29. The van der Waals surface area contributed by atoms with Crippen LogP contribution in [0, 0.1) is 11.6 Å². The van der Waals surface area contributed by atoms with Gasteiger partial charge in [-0.05, 0) is 25.7 Å². The van der Waals surface area contributed by atoms with Crippen molar-refractivity contribution in [3.63, 3.8) is 0 Å². The van der Waals surface area contributed by atoms with Crippen molar-refractivity contribution in [2.24, 2.45) is 0 Å². The molecule has 0 bridgehead atoms. The summed E-state index contributed by atoms with van der Waals surface area (Å²) in [6, 6.07) is 3.25. The van der Waals surface area contributed by atoms with Crippen LogP contribution in [0.5, 0.6) is 0 Å². The van der Waals surface area contributed by atoms with E-state index in [4.69, 9.17) is 0 Å². The number of carbonyl (C=O) groups excluding carboxylic acids is 1. The van der Waals surface area contributed by atoms with Gasteiger partial charge in [0.05, 0.1) is 6.54 Å². The van der Waals surface area contributed by atoms with Crippen molar-refractivity contribution in [1.29, 1.82) is 0 Å². The summed E-state index contributed by atoms with van der Waals surface area (Å²) in [5.41, 5.74) is 0.239. The van der Waals surface area contributed by atoms with Crippen LogP contribution in [0.4, 0.5) is 8.78 Å². The van der Waals surface area contributed by atoms with Crippen molar-refractivity contribution in [2.45, 2.75) is 6.42 Å². The predicted molar refractivity (Wildman–Crippen MR) is 53.6 cm³/mol. The van der Waals surface area contributed by atoms with Crippen LogP contribution in [0.15, 0.2) is 18.2 Å². The van der Waals surface area contributed by atoms with E-state index in [1.807, 2.05) is 0 Å². The maximum Gasteiger partial charge on any atom is 0.151 e. The average Bonchev–Trinajstić information content (AvgIpc) is 2.08. The molecule has 0 saturated carbocycles. The van der Waals surface area contributed by atoms with Gasteiger partial charge in [-0.1, -0.05) is 6.07 Å². The van der Waals surface area contributed by atoms with Crippen LogP contribution in [0.1, 0.15) is 5.56 Å². The van der Waals surface area contributed by atoms with Crippen molar-refractivity contribution in [2.75, 3.05) is 20.6 Å². The number of halogens is 2. The zero-order chi connectivity index (χ0) is 11.4. The molecule has 0 atom stereocenters. The van der Waals surface area contributed by atoms with Crippen molar-refractivity contribution in [3.05, 3.63) is 35.4 Å². The number of Topliss-reactive ketones (excluding diaryl/α,β-unsaturated/α-hetero) is 1. The van der Waals surface area contributed by atoms with Gasteiger partial charge in [-0.15, -0.1) is 0 Å². The van der Waals surface area contributed by atoms with Crippen LogP contribution in [0.3, 0.4) is 0 Å². The van der Waals surface area contributed by atoms with Crippen LogP contribution in [0.25, 0.3) is 0 Å². The molecule has 0 fully saturated rings. The topological polar surface area (TPSA) is 20.3 Å². The summed E-state index contributed by atoms with van der Waals surface area (Å²) >= 11 is 0. The molecule has 0 aliphatic carbocycles. The SMILES string of the molecule is CN(C)CC(=O)Cc1ccc(F)cc1F. The van der Waals surface area contributed by atoms with Gasteiger partial charge in [0.25, 0.3) is 0 Å².